The average Bonchev–Trinajstić information content (AvgIpc) is 2.44. The second kappa shape index (κ2) is 8.01. The molecule has 0 aliphatic rings. The van der Waals surface area contributed by atoms with E-state index >= 15 is 0 Å². The Morgan fingerprint density at radius 3 is 2.57 bits per heavy atom. The van der Waals surface area contributed by atoms with Crippen molar-refractivity contribution in [3.8, 4) is 0 Å². The summed E-state index contributed by atoms with van der Waals surface area (Å²) in [6, 6.07) is 2.67. The Labute approximate surface area is 136 Å². The molecule has 2 amide bonds. The second-order valence-electron chi connectivity index (χ2n) is 4.74. The molecule has 0 saturated carbocycles. The van der Waals surface area contributed by atoms with Crippen molar-refractivity contribution in [3.05, 3.63) is 41.4 Å². The number of carbonyl (C=O) groups excluding carboxylic acids is 2. The quantitative estimate of drug-likeness (QED) is 0.796. The van der Waals surface area contributed by atoms with Crippen LogP contribution in [0.25, 0.3) is 0 Å². The fourth-order valence-corrected chi connectivity index (χ4v) is 1.94. The van der Waals surface area contributed by atoms with Gasteiger partial charge in [0.25, 0.3) is 0 Å². The van der Waals surface area contributed by atoms with Gasteiger partial charge in [-0.25, -0.2) is 0 Å². The fraction of sp³-hybridized carbons (Fsp3) is 0.333. The van der Waals surface area contributed by atoms with Gasteiger partial charge in [0.2, 0.25) is 11.8 Å². The number of rotatable bonds is 6. The number of alkyl halides is 3. The van der Waals surface area contributed by atoms with E-state index in [-0.39, 0.29) is 36.1 Å². The minimum Gasteiger partial charge on any atom is -0.339 e. The predicted octanol–water partition coefficient (Wildman–Crippen LogP) is 3.72. The van der Waals surface area contributed by atoms with E-state index < -0.39 is 17.6 Å². The highest BCUT2D eigenvalue weighted by Gasteiger charge is 2.31. The van der Waals surface area contributed by atoms with Crippen molar-refractivity contribution in [3.63, 3.8) is 0 Å². The molecule has 23 heavy (non-hydrogen) atoms. The first-order valence-corrected chi connectivity index (χ1v) is 7.06. The molecule has 0 unspecified atom stereocenters. The number of carbonyl (C=O) groups is 2. The van der Waals surface area contributed by atoms with E-state index in [0.717, 1.165) is 18.2 Å². The first kappa shape index (κ1) is 19.0. The summed E-state index contributed by atoms with van der Waals surface area (Å²) >= 11 is 5.79. The number of nitrogens with one attached hydrogen (secondary N) is 1. The van der Waals surface area contributed by atoms with Gasteiger partial charge in [-0.3, -0.25) is 9.59 Å². The Kier molecular flexibility index (Phi) is 6.62. The number of anilines is 1. The molecule has 0 aromatic heterocycles. The molecule has 0 atom stereocenters. The Morgan fingerprint density at radius 1 is 1.39 bits per heavy atom. The number of nitrogens with zero attached hydrogens (tertiary/aromatic N) is 1. The lowest BCUT2D eigenvalue weighted by molar-refractivity contribution is -0.137. The molecule has 126 valence electrons. The zero-order valence-corrected chi connectivity index (χ0v) is 13.2. The standard InChI is InChI=1S/C15H16ClF3N2O2/c1-3-7-21(10(2)22)8-6-14(23)20-13-9-11(15(17,18)19)4-5-12(13)16/h3-5,9H,1,6-8H2,2H3,(H,20,23). The third-order valence-electron chi connectivity index (χ3n) is 2.97. The predicted molar refractivity (Wildman–Crippen MR) is 82.2 cm³/mol. The lowest BCUT2D eigenvalue weighted by atomic mass is 10.2. The third kappa shape index (κ3) is 5.94. The lowest BCUT2D eigenvalue weighted by Gasteiger charge is -2.19. The van der Waals surface area contributed by atoms with E-state index in [4.69, 9.17) is 11.6 Å². The van der Waals surface area contributed by atoms with E-state index in [1.165, 1.54) is 17.9 Å². The second-order valence-corrected chi connectivity index (χ2v) is 5.15. The maximum absolute atomic E-state index is 12.7. The molecule has 0 radical (unpaired) electrons. The van der Waals surface area contributed by atoms with Crippen LogP contribution < -0.4 is 5.32 Å². The molecule has 1 rings (SSSR count). The van der Waals surface area contributed by atoms with Gasteiger partial charge in [0.15, 0.2) is 0 Å². The number of hydrogen-bond acceptors (Lipinski definition) is 2. The summed E-state index contributed by atoms with van der Waals surface area (Å²) in [4.78, 5) is 24.5. The van der Waals surface area contributed by atoms with Crippen LogP contribution in [-0.2, 0) is 15.8 Å². The van der Waals surface area contributed by atoms with Gasteiger partial charge in [0.1, 0.15) is 0 Å². The molecule has 1 aromatic rings. The topological polar surface area (TPSA) is 49.4 Å². The van der Waals surface area contributed by atoms with Crippen LogP contribution in [0.4, 0.5) is 18.9 Å². The molecule has 0 aliphatic carbocycles. The molecular weight excluding hydrogens is 333 g/mol. The largest absolute Gasteiger partial charge is 0.416 e. The minimum atomic E-state index is -4.53. The monoisotopic (exact) mass is 348 g/mol. The molecule has 0 saturated heterocycles. The normalized spacial score (nSPS) is 11.0. The van der Waals surface area contributed by atoms with Crippen molar-refractivity contribution < 1.29 is 22.8 Å². The van der Waals surface area contributed by atoms with Gasteiger partial charge in [-0.05, 0) is 18.2 Å². The van der Waals surface area contributed by atoms with Gasteiger partial charge in [0, 0.05) is 26.4 Å². The first-order valence-electron chi connectivity index (χ1n) is 6.68. The maximum Gasteiger partial charge on any atom is 0.416 e. The highest BCUT2D eigenvalue weighted by molar-refractivity contribution is 6.33. The van der Waals surface area contributed by atoms with Crippen LogP contribution in [0.5, 0.6) is 0 Å². The Bertz CT molecular complexity index is 603. The fourth-order valence-electron chi connectivity index (χ4n) is 1.78. The first-order chi connectivity index (χ1) is 10.6. The van der Waals surface area contributed by atoms with Crippen molar-refractivity contribution in [1.29, 1.82) is 0 Å². The Balaban J connectivity index is 2.74. The molecular formula is C15H16ClF3N2O2. The van der Waals surface area contributed by atoms with Crippen molar-refractivity contribution in [2.75, 3.05) is 18.4 Å². The number of hydrogen-bond donors (Lipinski definition) is 1. The summed E-state index contributed by atoms with van der Waals surface area (Å²) in [5.74, 6) is -0.767. The zero-order chi connectivity index (χ0) is 17.6. The summed E-state index contributed by atoms with van der Waals surface area (Å²) in [5.41, 5.74) is -1.03. The van der Waals surface area contributed by atoms with Crippen molar-refractivity contribution in [2.45, 2.75) is 19.5 Å². The molecule has 1 aromatic carbocycles. The minimum absolute atomic E-state index is 0.000801. The van der Waals surface area contributed by atoms with E-state index in [1.54, 1.807) is 0 Å². The number of halogens is 4. The van der Waals surface area contributed by atoms with Crippen LogP contribution in [-0.4, -0.2) is 29.8 Å². The van der Waals surface area contributed by atoms with Crippen molar-refractivity contribution in [2.24, 2.45) is 0 Å². The van der Waals surface area contributed by atoms with Crippen LogP contribution in [0.15, 0.2) is 30.9 Å². The van der Waals surface area contributed by atoms with Gasteiger partial charge in [-0.15, -0.1) is 6.58 Å². The van der Waals surface area contributed by atoms with Crippen LogP contribution in [0.3, 0.4) is 0 Å². The van der Waals surface area contributed by atoms with Gasteiger partial charge >= 0.3 is 6.18 Å². The van der Waals surface area contributed by atoms with E-state index in [2.05, 4.69) is 11.9 Å². The number of benzene rings is 1. The molecule has 0 aliphatic heterocycles. The van der Waals surface area contributed by atoms with Crippen molar-refractivity contribution >= 4 is 29.1 Å². The van der Waals surface area contributed by atoms with Gasteiger partial charge in [-0.1, -0.05) is 17.7 Å². The van der Waals surface area contributed by atoms with Crippen LogP contribution in [0, 0.1) is 0 Å². The van der Waals surface area contributed by atoms with Gasteiger partial charge in [-0.2, -0.15) is 13.2 Å². The highest BCUT2D eigenvalue weighted by Crippen LogP contribution is 2.33. The summed E-state index contributed by atoms with van der Waals surface area (Å²) in [7, 11) is 0. The molecule has 8 heteroatoms. The molecule has 0 fully saturated rings. The average molecular weight is 349 g/mol. The lowest BCUT2D eigenvalue weighted by Crippen LogP contribution is -2.32. The highest BCUT2D eigenvalue weighted by atomic mass is 35.5. The molecule has 0 heterocycles. The van der Waals surface area contributed by atoms with E-state index in [9.17, 15) is 22.8 Å². The Hall–Kier alpha value is -2.02. The number of amides is 2. The van der Waals surface area contributed by atoms with E-state index in [0.29, 0.717) is 0 Å². The summed E-state index contributed by atoms with van der Waals surface area (Å²) in [6.45, 7) is 5.27. The third-order valence-corrected chi connectivity index (χ3v) is 3.30. The van der Waals surface area contributed by atoms with Gasteiger partial charge < -0.3 is 10.2 Å². The van der Waals surface area contributed by atoms with Crippen LogP contribution in [0.2, 0.25) is 5.02 Å². The van der Waals surface area contributed by atoms with Crippen molar-refractivity contribution in [1.82, 2.24) is 4.90 Å². The maximum atomic E-state index is 12.7. The summed E-state index contributed by atoms with van der Waals surface area (Å²) in [5, 5.41) is 2.33. The smallest absolute Gasteiger partial charge is 0.339 e. The molecule has 0 bridgehead atoms. The molecule has 0 spiro atoms. The molecule has 1 N–H and O–H groups in total. The zero-order valence-electron chi connectivity index (χ0n) is 12.4. The van der Waals surface area contributed by atoms with E-state index in [1.807, 2.05) is 0 Å². The Morgan fingerprint density at radius 2 is 2.04 bits per heavy atom. The van der Waals surface area contributed by atoms with Gasteiger partial charge in [0.05, 0.1) is 16.3 Å². The summed E-state index contributed by atoms with van der Waals surface area (Å²) in [6.07, 6.45) is -3.08. The van der Waals surface area contributed by atoms with Crippen LogP contribution in [0.1, 0.15) is 18.9 Å². The summed E-state index contributed by atoms with van der Waals surface area (Å²) < 4.78 is 38.0. The van der Waals surface area contributed by atoms with Crippen LogP contribution >= 0.6 is 11.6 Å². The SMILES string of the molecule is C=CCN(CCC(=O)Nc1cc(C(F)(F)F)ccc1Cl)C(C)=O. The molecule has 4 nitrogen and oxygen atoms in total.